The molecule has 1 aromatic carbocycles. The van der Waals surface area contributed by atoms with Gasteiger partial charge in [0, 0.05) is 5.75 Å². The second-order valence-corrected chi connectivity index (χ2v) is 6.87. The lowest BCUT2D eigenvalue weighted by atomic mass is 10.1. The fraction of sp³-hybridized carbons (Fsp3) is 0.500. The molecule has 0 aliphatic heterocycles. The van der Waals surface area contributed by atoms with E-state index in [2.05, 4.69) is 22.0 Å². The number of ether oxygens (including phenoxy) is 1. The van der Waals surface area contributed by atoms with Crippen LogP contribution in [0.25, 0.3) is 0 Å². The third-order valence-electron chi connectivity index (χ3n) is 3.38. The van der Waals surface area contributed by atoms with Gasteiger partial charge in [-0.2, -0.15) is 11.8 Å². The number of aliphatic carboxylic acids is 1. The molecule has 0 bridgehead atoms. The monoisotopic (exact) mass is 344 g/mol. The van der Waals surface area contributed by atoms with Gasteiger partial charge in [0.15, 0.2) is 0 Å². The number of carboxylic acids is 1. The van der Waals surface area contributed by atoms with Gasteiger partial charge in [-0.05, 0) is 57.6 Å². The number of rotatable bonds is 7. The van der Waals surface area contributed by atoms with Gasteiger partial charge in [-0.1, -0.05) is 6.07 Å². The van der Waals surface area contributed by atoms with Crippen molar-refractivity contribution in [2.24, 2.45) is 5.41 Å². The van der Waals surface area contributed by atoms with Gasteiger partial charge in [-0.25, -0.2) is 0 Å². The largest absolute Gasteiger partial charge is 0.496 e. The molecule has 0 radical (unpaired) electrons. The summed E-state index contributed by atoms with van der Waals surface area (Å²) in [5.74, 6) is 2.00. The molecule has 1 aliphatic carbocycles. The van der Waals surface area contributed by atoms with Gasteiger partial charge in [-0.3, -0.25) is 4.79 Å². The normalized spacial score (nSPS) is 16.1. The first kappa shape index (κ1) is 14.7. The topological polar surface area (TPSA) is 46.5 Å². The maximum absolute atomic E-state index is 10.8. The first-order valence-corrected chi connectivity index (χ1v) is 8.11. The summed E-state index contributed by atoms with van der Waals surface area (Å²) in [5.41, 5.74) is 1.30. The Hall–Kier alpha value is -0.680. The summed E-state index contributed by atoms with van der Waals surface area (Å²) in [6.07, 6.45) is 2.42. The van der Waals surface area contributed by atoms with Crippen molar-refractivity contribution in [1.29, 1.82) is 0 Å². The van der Waals surface area contributed by atoms with E-state index in [1.165, 1.54) is 5.56 Å². The minimum atomic E-state index is -0.676. The van der Waals surface area contributed by atoms with E-state index in [4.69, 9.17) is 9.84 Å². The van der Waals surface area contributed by atoms with Crippen molar-refractivity contribution in [3.63, 3.8) is 0 Å². The second kappa shape index (κ2) is 6.18. The van der Waals surface area contributed by atoms with Crippen LogP contribution in [0.1, 0.15) is 24.8 Å². The maximum atomic E-state index is 10.8. The van der Waals surface area contributed by atoms with Crippen molar-refractivity contribution in [3.05, 3.63) is 28.2 Å². The van der Waals surface area contributed by atoms with Crippen molar-refractivity contribution >= 4 is 33.7 Å². The molecule has 1 aromatic rings. The van der Waals surface area contributed by atoms with Crippen molar-refractivity contribution < 1.29 is 14.6 Å². The lowest BCUT2D eigenvalue weighted by Crippen LogP contribution is -2.11. The number of hydrogen-bond acceptors (Lipinski definition) is 3. The van der Waals surface area contributed by atoms with E-state index < -0.39 is 5.97 Å². The molecule has 104 valence electrons. The molecule has 0 amide bonds. The Morgan fingerprint density at radius 2 is 2.26 bits per heavy atom. The summed E-state index contributed by atoms with van der Waals surface area (Å²) < 4.78 is 6.15. The van der Waals surface area contributed by atoms with Crippen molar-refractivity contribution in [1.82, 2.24) is 0 Å². The third-order valence-corrected chi connectivity index (χ3v) is 5.35. The summed E-state index contributed by atoms with van der Waals surface area (Å²) in [6.45, 7) is 0. The number of benzene rings is 1. The van der Waals surface area contributed by atoms with Crippen molar-refractivity contribution in [2.75, 3.05) is 12.9 Å². The molecule has 1 fully saturated rings. The number of halogens is 1. The highest BCUT2D eigenvalue weighted by molar-refractivity contribution is 9.10. The van der Waals surface area contributed by atoms with Gasteiger partial charge in [0.2, 0.25) is 0 Å². The zero-order chi connectivity index (χ0) is 13.9. The average Bonchev–Trinajstić information content (AvgIpc) is 3.08. The smallest absolute Gasteiger partial charge is 0.303 e. The lowest BCUT2D eigenvalue weighted by Gasteiger charge is -2.12. The molecule has 5 heteroatoms. The molecular weight excluding hydrogens is 328 g/mol. The Morgan fingerprint density at radius 1 is 1.53 bits per heavy atom. The minimum absolute atomic E-state index is 0.0696. The van der Waals surface area contributed by atoms with E-state index in [-0.39, 0.29) is 5.41 Å². The number of methoxy groups -OCH3 is 1. The van der Waals surface area contributed by atoms with Crippen LogP contribution in [0.15, 0.2) is 22.7 Å². The molecule has 0 unspecified atom stereocenters. The summed E-state index contributed by atoms with van der Waals surface area (Å²) in [5, 5.41) is 8.87. The van der Waals surface area contributed by atoms with E-state index in [1.54, 1.807) is 7.11 Å². The molecular formula is C14H17BrO3S. The lowest BCUT2D eigenvalue weighted by molar-refractivity contribution is -0.138. The van der Waals surface area contributed by atoms with Gasteiger partial charge in [0.05, 0.1) is 18.0 Å². The van der Waals surface area contributed by atoms with Crippen molar-refractivity contribution in [3.8, 4) is 5.75 Å². The van der Waals surface area contributed by atoms with Crippen LogP contribution in [0.4, 0.5) is 0 Å². The van der Waals surface area contributed by atoms with Crippen LogP contribution < -0.4 is 4.74 Å². The Kier molecular flexibility index (Phi) is 4.79. The van der Waals surface area contributed by atoms with E-state index in [0.717, 1.165) is 34.6 Å². The summed E-state index contributed by atoms with van der Waals surface area (Å²) in [7, 11) is 1.65. The summed E-state index contributed by atoms with van der Waals surface area (Å²) >= 11 is 5.29. The van der Waals surface area contributed by atoms with E-state index >= 15 is 0 Å². The Morgan fingerprint density at radius 3 is 2.79 bits per heavy atom. The molecule has 0 heterocycles. The standard InChI is InChI=1S/C14H17BrO3S/c1-18-12-3-2-10(6-11(12)15)8-19-9-14(4-5-14)7-13(16)17/h2-3,6H,4-5,7-9H2,1H3,(H,16,17). The highest BCUT2D eigenvalue weighted by atomic mass is 79.9. The molecule has 2 rings (SSSR count). The Balaban J connectivity index is 1.83. The van der Waals surface area contributed by atoms with Gasteiger partial charge in [0.1, 0.15) is 5.75 Å². The molecule has 1 N–H and O–H groups in total. The zero-order valence-corrected chi connectivity index (χ0v) is 13.2. The van der Waals surface area contributed by atoms with Crippen LogP contribution in [-0.4, -0.2) is 23.9 Å². The molecule has 0 atom stereocenters. The quantitative estimate of drug-likeness (QED) is 0.813. The SMILES string of the molecule is COc1ccc(CSCC2(CC(=O)O)CC2)cc1Br. The van der Waals surface area contributed by atoms with Crippen LogP contribution in [0.5, 0.6) is 5.75 Å². The zero-order valence-electron chi connectivity index (χ0n) is 10.8. The molecule has 0 spiro atoms. The van der Waals surface area contributed by atoms with E-state index in [1.807, 2.05) is 23.9 Å². The minimum Gasteiger partial charge on any atom is -0.496 e. The fourth-order valence-corrected chi connectivity index (χ4v) is 3.98. The predicted molar refractivity (Wildman–Crippen MR) is 80.8 cm³/mol. The highest BCUT2D eigenvalue weighted by Crippen LogP contribution is 2.51. The molecule has 1 saturated carbocycles. The molecule has 19 heavy (non-hydrogen) atoms. The van der Waals surface area contributed by atoms with E-state index in [9.17, 15) is 4.79 Å². The van der Waals surface area contributed by atoms with Crippen LogP contribution in [0, 0.1) is 5.41 Å². The number of carboxylic acid groups (broad SMARTS) is 1. The van der Waals surface area contributed by atoms with Crippen molar-refractivity contribution in [2.45, 2.75) is 25.0 Å². The van der Waals surface area contributed by atoms with Gasteiger partial charge < -0.3 is 9.84 Å². The summed E-state index contributed by atoms with van der Waals surface area (Å²) in [4.78, 5) is 10.8. The molecule has 3 nitrogen and oxygen atoms in total. The Labute approximate surface area is 125 Å². The number of hydrogen-bond donors (Lipinski definition) is 1. The predicted octanol–water partition coefficient (Wildman–Crippen LogP) is 3.95. The fourth-order valence-electron chi connectivity index (χ4n) is 2.05. The summed E-state index contributed by atoms with van der Waals surface area (Å²) in [6, 6.07) is 6.06. The molecule has 1 aliphatic rings. The first-order chi connectivity index (χ1) is 9.04. The second-order valence-electron chi connectivity index (χ2n) is 5.03. The van der Waals surface area contributed by atoms with Crippen LogP contribution >= 0.6 is 27.7 Å². The Bertz CT molecular complexity index is 472. The number of thioether (sulfide) groups is 1. The van der Waals surface area contributed by atoms with Crippen LogP contribution in [0.2, 0.25) is 0 Å². The third kappa shape index (κ3) is 4.14. The van der Waals surface area contributed by atoms with E-state index in [0.29, 0.717) is 6.42 Å². The highest BCUT2D eigenvalue weighted by Gasteiger charge is 2.43. The van der Waals surface area contributed by atoms with Gasteiger partial charge >= 0.3 is 5.97 Å². The maximum Gasteiger partial charge on any atom is 0.303 e. The number of carbonyl (C=O) groups is 1. The molecule has 0 saturated heterocycles. The van der Waals surface area contributed by atoms with Gasteiger partial charge in [-0.15, -0.1) is 0 Å². The average molecular weight is 345 g/mol. The first-order valence-electron chi connectivity index (χ1n) is 6.17. The van der Waals surface area contributed by atoms with Gasteiger partial charge in [0.25, 0.3) is 0 Å². The van der Waals surface area contributed by atoms with Crippen LogP contribution in [-0.2, 0) is 10.5 Å². The van der Waals surface area contributed by atoms with Crippen LogP contribution in [0.3, 0.4) is 0 Å². The molecule has 0 aromatic heterocycles.